The van der Waals surface area contributed by atoms with Crippen LogP contribution in [-0.4, -0.2) is 45.5 Å². The van der Waals surface area contributed by atoms with E-state index in [-0.39, 0.29) is 12.5 Å². The molecule has 1 aliphatic heterocycles. The number of nitrogens with one attached hydrogen (secondary N) is 1. The van der Waals surface area contributed by atoms with Crippen LogP contribution in [0.3, 0.4) is 0 Å². The fourth-order valence-electron chi connectivity index (χ4n) is 3.25. The molecule has 1 fully saturated rings. The third-order valence-electron chi connectivity index (χ3n) is 4.68. The minimum absolute atomic E-state index is 0.170. The van der Waals surface area contributed by atoms with E-state index in [1.165, 1.54) is 10.8 Å². The summed E-state index contributed by atoms with van der Waals surface area (Å²) in [6.45, 7) is 3.77. The molecule has 0 bridgehead atoms. The molecular weight excluding hydrogens is 368 g/mol. The van der Waals surface area contributed by atoms with E-state index in [2.05, 4.69) is 4.98 Å². The standard InChI is InChI=1S/C19H24N2O5S/c1-11-5-4-6-13(7-11)25-9-15-16(22)14(10-27-3)18(26-15)21-8-12(2)17(23)20-19(21)24/h4-8,14-16,18,22H,9-10H2,1-3H3,(H,20,23,24)/t14?,15-,16+,18-/m1/s1. The summed E-state index contributed by atoms with van der Waals surface area (Å²) in [6, 6.07) is 7.64. The number of ether oxygens (including phenoxy) is 2. The smallest absolute Gasteiger partial charge is 0.330 e. The molecular formula is C19H24N2O5S. The van der Waals surface area contributed by atoms with Crippen LogP contribution >= 0.6 is 11.8 Å². The van der Waals surface area contributed by atoms with E-state index in [1.54, 1.807) is 18.7 Å². The Kier molecular flexibility index (Phi) is 6.08. The minimum atomic E-state index is -0.786. The third-order valence-corrected chi connectivity index (χ3v) is 5.40. The van der Waals surface area contributed by atoms with Gasteiger partial charge in [0, 0.05) is 23.4 Å². The number of aromatic nitrogens is 2. The summed E-state index contributed by atoms with van der Waals surface area (Å²) in [5.74, 6) is 1.01. The van der Waals surface area contributed by atoms with Crippen LogP contribution < -0.4 is 16.0 Å². The lowest BCUT2D eigenvalue weighted by Crippen LogP contribution is -2.36. The molecule has 1 aliphatic rings. The van der Waals surface area contributed by atoms with Gasteiger partial charge >= 0.3 is 5.69 Å². The van der Waals surface area contributed by atoms with E-state index in [0.29, 0.717) is 17.1 Å². The van der Waals surface area contributed by atoms with Gasteiger partial charge in [-0.05, 0) is 37.8 Å². The fraction of sp³-hybridized carbons (Fsp3) is 0.474. The van der Waals surface area contributed by atoms with Gasteiger partial charge in [-0.3, -0.25) is 14.3 Å². The molecule has 7 nitrogen and oxygen atoms in total. The van der Waals surface area contributed by atoms with Gasteiger partial charge in [-0.1, -0.05) is 12.1 Å². The Labute approximate surface area is 161 Å². The number of H-pyrrole nitrogens is 1. The molecule has 2 aromatic rings. The van der Waals surface area contributed by atoms with Crippen molar-refractivity contribution in [2.75, 3.05) is 18.6 Å². The molecule has 1 aromatic heterocycles. The van der Waals surface area contributed by atoms with E-state index in [9.17, 15) is 14.7 Å². The summed E-state index contributed by atoms with van der Waals surface area (Å²) < 4.78 is 13.1. The number of hydrogen-bond donors (Lipinski definition) is 2. The van der Waals surface area contributed by atoms with Crippen LogP contribution in [0.25, 0.3) is 0 Å². The zero-order chi connectivity index (χ0) is 19.6. The van der Waals surface area contributed by atoms with Crippen molar-refractivity contribution in [2.45, 2.75) is 32.3 Å². The van der Waals surface area contributed by atoms with Gasteiger partial charge in [-0.15, -0.1) is 0 Å². The van der Waals surface area contributed by atoms with Crippen LogP contribution in [0.15, 0.2) is 40.1 Å². The van der Waals surface area contributed by atoms with Crippen molar-refractivity contribution < 1.29 is 14.6 Å². The van der Waals surface area contributed by atoms with Gasteiger partial charge in [-0.25, -0.2) is 4.79 Å². The average Bonchev–Trinajstić information content (AvgIpc) is 2.93. The molecule has 2 heterocycles. The molecule has 1 saturated heterocycles. The zero-order valence-corrected chi connectivity index (χ0v) is 16.4. The second-order valence-electron chi connectivity index (χ2n) is 6.78. The monoisotopic (exact) mass is 392 g/mol. The summed E-state index contributed by atoms with van der Waals surface area (Å²) in [7, 11) is 0. The minimum Gasteiger partial charge on any atom is -0.491 e. The summed E-state index contributed by atoms with van der Waals surface area (Å²) >= 11 is 1.56. The maximum Gasteiger partial charge on any atom is 0.330 e. The Balaban J connectivity index is 1.82. The second kappa shape index (κ2) is 8.33. The number of thioether (sulfide) groups is 1. The zero-order valence-electron chi connectivity index (χ0n) is 15.5. The topological polar surface area (TPSA) is 93.6 Å². The molecule has 0 spiro atoms. The maximum absolute atomic E-state index is 12.3. The van der Waals surface area contributed by atoms with E-state index in [4.69, 9.17) is 9.47 Å². The highest BCUT2D eigenvalue weighted by atomic mass is 32.2. The molecule has 27 heavy (non-hydrogen) atoms. The van der Waals surface area contributed by atoms with Crippen molar-refractivity contribution in [1.29, 1.82) is 0 Å². The first kappa shape index (κ1) is 19.7. The molecule has 146 valence electrons. The molecule has 0 radical (unpaired) electrons. The number of benzene rings is 1. The van der Waals surface area contributed by atoms with Crippen LogP contribution in [0.4, 0.5) is 0 Å². The van der Waals surface area contributed by atoms with Gasteiger partial charge in [0.25, 0.3) is 5.56 Å². The predicted molar refractivity (Wildman–Crippen MR) is 105 cm³/mol. The molecule has 0 amide bonds. The molecule has 4 atom stereocenters. The number of aromatic amines is 1. The Morgan fingerprint density at radius 1 is 1.33 bits per heavy atom. The number of aliphatic hydroxyl groups excluding tert-OH is 1. The van der Waals surface area contributed by atoms with Gasteiger partial charge < -0.3 is 14.6 Å². The third kappa shape index (κ3) is 4.28. The van der Waals surface area contributed by atoms with Crippen molar-refractivity contribution in [3.8, 4) is 5.75 Å². The fourth-order valence-corrected chi connectivity index (χ4v) is 3.99. The molecule has 1 aromatic carbocycles. The van der Waals surface area contributed by atoms with E-state index < -0.39 is 29.7 Å². The second-order valence-corrected chi connectivity index (χ2v) is 7.69. The lowest BCUT2D eigenvalue weighted by Gasteiger charge is -2.21. The van der Waals surface area contributed by atoms with E-state index >= 15 is 0 Å². The van der Waals surface area contributed by atoms with Crippen molar-refractivity contribution >= 4 is 11.8 Å². The number of aryl methyl sites for hydroxylation is 2. The molecule has 3 rings (SSSR count). The highest BCUT2D eigenvalue weighted by Gasteiger charge is 2.45. The Morgan fingerprint density at radius 2 is 2.11 bits per heavy atom. The first-order valence-corrected chi connectivity index (χ1v) is 10.1. The summed E-state index contributed by atoms with van der Waals surface area (Å²) in [4.78, 5) is 26.2. The van der Waals surface area contributed by atoms with Crippen LogP contribution in [0, 0.1) is 19.8 Å². The Morgan fingerprint density at radius 3 is 2.81 bits per heavy atom. The van der Waals surface area contributed by atoms with Gasteiger partial charge in [0.2, 0.25) is 0 Å². The maximum atomic E-state index is 12.3. The van der Waals surface area contributed by atoms with Crippen LogP contribution in [0.2, 0.25) is 0 Å². The normalized spacial score (nSPS) is 24.9. The highest BCUT2D eigenvalue weighted by molar-refractivity contribution is 7.98. The number of aliphatic hydroxyl groups is 1. The number of hydrogen-bond acceptors (Lipinski definition) is 6. The van der Waals surface area contributed by atoms with Gasteiger partial charge in [0.1, 0.15) is 24.7 Å². The SMILES string of the molecule is CSCC1[C@H](n2cc(C)c(=O)[nH]c2=O)O[C@H](COc2cccc(C)c2)[C@H]1O. The van der Waals surface area contributed by atoms with Crippen LogP contribution in [0.1, 0.15) is 17.4 Å². The molecule has 8 heteroatoms. The first-order chi connectivity index (χ1) is 12.9. The van der Waals surface area contributed by atoms with Crippen LogP contribution in [-0.2, 0) is 4.74 Å². The lowest BCUT2D eigenvalue weighted by atomic mass is 10.0. The number of nitrogens with zero attached hydrogens (tertiary/aromatic N) is 1. The summed E-state index contributed by atoms with van der Waals surface area (Å²) in [6.07, 6.45) is 1.39. The van der Waals surface area contributed by atoms with E-state index in [0.717, 1.165) is 5.56 Å². The van der Waals surface area contributed by atoms with Crippen LogP contribution in [0.5, 0.6) is 5.75 Å². The largest absolute Gasteiger partial charge is 0.491 e. The quantitative estimate of drug-likeness (QED) is 0.773. The van der Waals surface area contributed by atoms with Crippen molar-refractivity contribution in [2.24, 2.45) is 5.92 Å². The predicted octanol–water partition coefficient (Wildman–Crippen LogP) is 1.47. The van der Waals surface area contributed by atoms with Crippen molar-refractivity contribution in [3.05, 3.63) is 62.4 Å². The van der Waals surface area contributed by atoms with Gasteiger partial charge in [0.15, 0.2) is 0 Å². The van der Waals surface area contributed by atoms with E-state index in [1.807, 2.05) is 37.4 Å². The average molecular weight is 392 g/mol. The summed E-state index contributed by atoms with van der Waals surface area (Å²) in [5.41, 5.74) is 0.522. The Hall–Kier alpha value is -2.03. The first-order valence-electron chi connectivity index (χ1n) is 8.74. The summed E-state index contributed by atoms with van der Waals surface area (Å²) in [5, 5.41) is 10.8. The van der Waals surface area contributed by atoms with Crippen molar-refractivity contribution in [1.82, 2.24) is 9.55 Å². The van der Waals surface area contributed by atoms with Gasteiger partial charge in [0.05, 0.1) is 6.10 Å². The molecule has 0 aliphatic carbocycles. The lowest BCUT2D eigenvalue weighted by molar-refractivity contribution is -0.0429. The van der Waals surface area contributed by atoms with Gasteiger partial charge in [-0.2, -0.15) is 11.8 Å². The molecule has 0 saturated carbocycles. The molecule has 1 unspecified atom stereocenters. The molecule has 2 N–H and O–H groups in total. The number of rotatable bonds is 6. The van der Waals surface area contributed by atoms with Crippen molar-refractivity contribution in [3.63, 3.8) is 0 Å². The Bertz CT molecular complexity index is 909. The highest BCUT2D eigenvalue weighted by Crippen LogP contribution is 2.36.